The number of allylic oxidation sites excluding steroid dienone is 1. The Hall–Kier alpha value is -6.15. The molecule has 0 fully saturated rings. The van der Waals surface area contributed by atoms with Crippen molar-refractivity contribution in [2.24, 2.45) is 4.99 Å². The third-order valence-corrected chi connectivity index (χ3v) is 8.64. The van der Waals surface area contributed by atoms with Gasteiger partial charge >= 0.3 is 11.9 Å². The largest absolute Gasteiger partial charge is 0.493 e. The van der Waals surface area contributed by atoms with Gasteiger partial charge in [-0.2, -0.15) is 5.10 Å². The van der Waals surface area contributed by atoms with E-state index in [4.69, 9.17) is 19.3 Å². The monoisotopic (exact) mass is 679 g/mol. The van der Waals surface area contributed by atoms with Crippen molar-refractivity contribution in [3.8, 4) is 28.4 Å². The number of benzene rings is 3. The maximum absolute atomic E-state index is 14.4. The van der Waals surface area contributed by atoms with E-state index in [1.165, 1.54) is 36.8 Å². The molecule has 3 aromatic carbocycles. The van der Waals surface area contributed by atoms with Gasteiger partial charge in [0, 0.05) is 36.4 Å². The Morgan fingerprint density at radius 3 is 2.53 bits per heavy atom. The van der Waals surface area contributed by atoms with Crippen LogP contribution in [0.4, 0.5) is 5.69 Å². The molecular formula is C35H29N5O8S. The van der Waals surface area contributed by atoms with Crippen LogP contribution < -0.4 is 24.4 Å². The number of non-ortho nitro benzene ring substituents is 1. The molecule has 13 nitrogen and oxygen atoms in total. The molecule has 1 aliphatic heterocycles. The number of carbonyl (C=O) groups is 2. The minimum Gasteiger partial charge on any atom is -0.493 e. The first-order valence-corrected chi connectivity index (χ1v) is 15.9. The van der Waals surface area contributed by atoms with Crippen LogP contribution in [0, 0.1) is 10.1 Å². The Morgan fingerprint density at radius 1 is 1.06 bits per heavy atom. The van der Waals surface area contributed by atoms with E-state index in [2.05, 4.69) is 4.99 Å². The average molecular weight is 680 g/mol. The molecule has 0 radical (unpaired) electrons. The van der Waals surface area contributed by atoms with Gasteiger partial charge in [0.1, 0.15) is 5.69 Å². The number of ether oxygens (including phenoxy) is 3. The predicted molar refractivity (Wildman–Crippen MR) is 180 cm³/mol. The summed E-state index contributed by atoms with van der Waals surface area (Å²) in [6, 6.07) is 19.3. The van der Waals surface area contributed by atoms with Crippen molar-refractivity contribution in [1.82, 2.24) is 14.3 Å². The summed E-state index contributed by atoms with van der Waals surface area (Å²) in [6.45, 7) is 4.73. The number of fused-ring (bicyclic) bond motifs is 1. The van der Waals surface area contributed by atoms with Crippen LogP contribution in [0.1, 0.15) is 37.9 Å². The highest BCUT2D eigenvalue weighted by molar-refractivity contribution is 7.07. The lowest BCUT2D eigenvalue weighted by Crippen LogP contribution is -2.40. The molecule has 0 aliphatic carbocycles. The number of nitrogens with zero attached hydrogens (tertiary/aromatic N) is 5. The van der Waals surface area contributed by atoms with Crippen molar-refractivity contribution in [2.75, 3.05) is 13.7 Å². The molecule has 49 heavy (non-hydrogen) atoms. The van der Waals surface area contributed by atoms with Crippen molar-refractivity contribution in [2.45, 2.75) is 26.8 Å². The summed E-state index contributed by atoms with van der Waals surface area (Å²) in [5.41, 5.74) is 2.66. The van der Waals surface area contributed by atoms with E-state index >= 15 is 0 Å². The van der Waals surface area contributed by atoms with Crippen LogP contribution in [0.25, 0.3) is 23.0 Å². The number of para-hydroxylation sites is 1. The Labute approximate surface area is 282 Å². The Kier molecular flexibility index (Phi) is 9.05. The van der Waals surface area contributed by atoms with Crippen LogP contribution in [-0.2, 0) is 14.3 Å². The van der Waals surface area contributed by atoms with Gasteiger partial charge in [0.15, 0.2) is 16.3 Å². The minimum absolute atomic E-state index is 0.103. The molecule has 0 bridgehead atoms. The lowest BCUT2D eigenvalue weighted by Gasteiger charge is -2.25. The maximum Gasteiger partial charge on any atom is 0.338 e. The number of methoxy groups -OCH3 is 1. The van der Waals surface area contributed by atoms with Gasteiger partial charge in [0.05, 0.1) is 46.2 Å². The van der Waals surface area contributed by atoms with E-state index < -0.39 is 28.5 Å². The molecule has 6 rings (SSSR count). The summed E-state index contributed by atoms with van der Waals surface area (Å²) >= 11 is 1.12. The van der Waals surface area contributed by atoms with Gasteiger partial charge in [0.25, 0.3) is 11.2 Å². The van der Waals surface area contributed by atoms with Gasteiger partial charge < -0.3 is 14.2 Å². The second-order valence-corrected chi connectivity index (χ2v) is 11.8. The summed E-state index contributed by atoms with van der Waals surface area (Å²) in [7, 11) is 1.42. The first kappa shape index (κ1) is 32.8. The highest BCUT2D eigenvalue weighted by Gasteiger charge is 2.34. The Balaban J connectivity index is 1.57. The average Bonchev–Trinajstić information content (AvgIpc) is 3.65. The zero-order chi connectivity index (χ0) is 34.8. The standard InChI is InChI=1S/C35H29N5O8S/c1-5-47-34(43)30-20(2)36-35-39(32(30)23-14-15-27(48-21(3)41)28(17-23)46-4)33(42)29(49-35)18-24-19-38(25-11-7-6-8-12-25)37-31(24)22-10-9-13-26(16-22)40(44)45/h6-19,32H,5H2,1-4H3/b29-18-/t32-/m0/s1. The summed E-state index contributed by atoms with van der Waals surface area (Å²) in [4.78, 5) is 55.5. The number of aromatic nitrogens is 3. The highest BCUT2D eigenvalue weighted by Crippen LogP contribution is 2.36. The number of esters is 2. The topological polar surface area (TPSA) is 157 Å². The van der Waals surface area contributed by atoms with E-state index in [0.717, 1.165) is 17.0 Å². The van der Waals surface area contributed by atoms with Gasteiger partial charge in [-0.1, -0.05) is 47.7 Å². The fourth-order valence-electron chi connectivity index (χ4n) is 5.54. The molecule has 0 N–H and O–H groups in total. The number of carbonyl (C=O) groups excluding carboxylic acids is 2. The molecule has 1 atom stereocenters. The Bertz CT molecular complexity index is 2340. The number of nitro groups is 1. The third kappa shape index (κ3) is 6.41. The second kappa shape index (κ2) is 13.5. The molecule has 248 valence electrons. The summed E-state index contributed by atoms with van der Waals surface area (Å²) in [5.74, 6) is -0.776. The third-order valence-electron chi connectivity index (χ3n) is 7.65. The van der Waals surface area contributed by atoms with Crippen molar-refractivity contribution < 1.29 is 28.7 Å². The second-order valence-electron chi connectivity index (χ2n) is 10.8. The van der Waals surface area contributed by atoms with Crippen LogP contribution in [0.15, 0.2) is 100 Å². The first-order chi connectivity index (χ1) is 23.6. The SMILES string of the molecule is CCOC(=O)C1=C(C)N=c2s/c(=C\c3cn(-c4ccccc4)nc3-c3cccc([N+](=O)[O-])c3)c(=O)n2[C@H]1c1ccc(OC(C)=O)c(OC)c1. The predicted octanol–water partition coefficient (Wildman–Crippen LogP) is 4.49. The number of hydrogen-bond donors (Lipinski definition) is 0. The lowest BCUT2D eigenvalue weighted by molar-refractivity contribution is -0.384. The maximum atomic E-state index is 14.4. The number of nitro benzene ring substituents is 1. The molecule has 14 heteroatoms. The zero-order valence-corrected chi connectivity index (χ0v) is 27.6. The smallest absolute Gasteiger partial charge is 0.338 e. The molecule has 0 saturated heterocycles. The van der Waals surface area contributed by atoms with Crippen LogP contribution in [0.2, 0.25) is 0 Å². The normalized spacial score (nSPS) is 14.2. The van der Waals surface area contributed by atoms with E-state index in [1.54, 1.807) is 55.1 Å². The quantitative estimate of drug-likeness (QED) is 0.0948. The van der Waals surface area contributed by atoms with E-state index in [9.17, 15) is 24.5 Å². The molecule has 3 heterocycles. The molecule has 5 aromatic rings. The Morgan fingerprint density at radius 2 is 1.84 bits per heavy atom. The molecule has 0 spiro atoms. The molecular weight excluding hydrogens is 650 g/mol. The molecule has 1 aliphatic rings. The molecule has 0 saturated carbocycles. The first-order valence-electron chi connectivity index (χ1n) is 15.1. The van der Waals surface area contributed by atoms with Gasteiger partial charge in [-0.3, -0.25) is 24.3 Å². The van der Waals surface area contributed by atoms with E-state index in [1.807, 2.05) is 30.3 Å². The van der Waals surface area contributed by atoms with Crippen LogP contribution in [-0.4, -0.2) is 44.9 Å². The van der Waals surface area contributed by atoms with E-state index in [-0.39, 0.29) is 33.9 Å². The number of thiazole rings is 1. The van der Waals surface area contributed by atoms with Crippen molar-refractivity contribution in [1.29, 1.82) is 0 Å². The fraction of sp³-hybridized carbons (Fsp3) is 0.171. The van der Waals surface area contributed by atoms with Gasteiger partial charge in [0.2, 0.25) is 0 Å². The van der Waals surface area contributed by atoms with Crippen molar-refractivity contribution >= 4 is 35.0 Å². The molecule has 0 unspecified atom stereocenters. The molecule has 0 amide bonds. The summed E-state index contributed by atoms with van der Waals surface area (Å²) < 4.78 is 19.5. The van der Waals surface area contributed by atoms with Crippen molar-refractivity contribution in [3.63, 3.8) is 0 Å². The summed E-state index contributed by atoms with van der Waals surface area (Å²) in [6.07, 6.45) is 3.41. The fourth-order valence-corrected chi connectivity index (χ4v) is 6.58. The zero-order valence-electron chi connectivity index (χ0n) is 26.8. The minimum atomic E-state index is -0.957. The van der Waals surface area contributed by atoms with E-state index in [0.29, 0.717) is 32.9 Å². The van der Waals surface area contributed by atoms with Gasteiger partial charge in [-0.05, 0) is 49.8 Å². The number of hydrogen-bond acceptors (Lipinski definition) is 11. The van der Waals surface area contributed by atoms with Crippen LogP contribution in [0.5, 0.6) is 11.5 Å². The van der Waals surface area contributed by atoms with Gasteiger partial charge in [-0.15, -0.1) is 0 Å². The summed E-state index contributed by atoms with van der Waals surface area (Å²) in [5, 5.41) is 16.3. The highest BCUT2D eigenvalue weighted by atomic mass is 32.1. The molecule has 2 aromatic heterocycles. The van der Waals surface area contributed by atoms with Gasteiger partial charge in [-0.25, -0.2) is 14.5 Å². The van der Waals surface area contributed by atoms with Crippen LogP contribution >= 0.6 is 11.3 Å². The van der Waals surface area contributed by atoms with Crippen molar-refractivity contribution in [3.05, 3.63) is 131 Å². The lowest BCUT2D eigenvalue weighted by atomic mass is 9.95. The number of rotatable bonds is 9. The van der Waals surface area contributed by atoms with Crippen LogP contribution in [0.3, 0.4) is 0 Å².